The van der Waals surface area contributed by atoms with Crippen molar-refractivity contribution in [1.29, 1.82) is 0 Å². The van der Waals surface area contributed by atoms with Gasteiger partial charge in [0.05, 0.1) is 6.20 Å². The Labute approximate surface area is 148 Å². The summed E-state index contributed by atoms with van der Waals surface area (Å²) < 4.78 is 7.44. The second-order valence-electron chi connectivity index (χ2n) is 7.88. The number of hydrogen-bond acceptors (Lipinski definition) is 4. The third kappa shape index (κ3) is 4.32. The van der Waals surface area contributed by atoms with Gasteiger partial charge in [-0.2, -0.15) is 0 Å². The average Bonchev–Trinajstić information content (AvgIpc) is 2.98. The molecule has 1 aromatic rings. The van der Waals surface area contributed by atoms with E-state index in [1.807, 2.05) is 25.3 Å². The molecule has 0 radical (unpaired) electrons. The van der Waals surface area contributed by atoms with Crippen LogP contribution in [0.3, 0.4) is 0 Å². The van der Waals surface area contributed by atoms with Crippen molar-refractivity contribution in [2.75, 3.05) is 13.1 Å². The summed E-state index contributed by atoms with van der Waals surface area (Å²) in [6.45, 7) is 7.67. The fourth-order valence-electron chi connectivity index (χ4n) is 3.39. The Balaban J connectivity index is 1.51. The first-order valence-electron chi connectivity index (χ1n) is 9.17. The summed E-state index contributed by atoms with van der Waals surface area (Å²) >= 11 is 0. The van der Waals surface area contributed by atoms with E-state index < -0.39 is 5.60 Å². The van der Waals surface area contributed by atoms with E-state index in [1.165, 1.54) is 0 Å². The molecule has 1 N–H and O–H groups in total. The van der Waals surface area contributed by atoms with Gasteiger partial charge < -0.3 is 19.5 Å². The van der Waals surface area contributed by atoms with Crippen LogP contribution in [0.5, 0.6) is 0 Å². The predicted octanol–water partition coefficient (Wildman–Crippen LogP) is 2.35. The lowest BCUT2D eigenvalue weighted by Crippen LogP contribution is -2.48. The van der Waals surface area contributed by atoms with Gasteiger partial charge in [-0.25, -0.2) is 9.78 Å². The molecule has 0 saturated carbocycles. The first kappa shape index (κ1) is 17.8. The molecule has 0 atom stereocenters. The number of amides is 2. The molecule has 7 nitrogen and oxygen atoms in total. The number of hydrogen-bond donors (Lipinski definition) is 1. The Morgan fingerprint density at radius 1 is 1.20 bits per heavy atom. The van der Waals surface area contributed by atoms with Gasteiger partial charge in [0.1, 0.15) is 17.1 Å². The van der Waals surface area contributed by atoms with Crippen molar-refractivity contribution in [3.05, 3.63) is 17.7 Å². The Kier molecular flexibility index (Phi) is 5.01. The number of imidazole rings is 1. The molecule has 25 heavy (non-hydrogen) atoms. The molecule has 1 fully saturated rings. The monoisotopic (exact) mass is 348 g/mol. The lowest BCUT2D eigenvalue weighted by Gasteiger charge is -2.33. The van der Waals surface area contributed by atoms with Crippen molar-refractivity contribution < 1.29 is 14.3 Å². The van der Waals surface area contributed by atoms with Crippen LogP contribution in [0.2, 0.25) is 0 Å². The molecule has 7 heteroatoms. The number of aryl methyl sites for hydroxylation is 1. The van der Waals surface area contributed by atoms with E-state index >= 15 is 0 Å². The lowest BCUT2D eigenvalue weighted by molar-refractivity contribution is 0.0199. The molecule has 1 saturated heterocycles. The summed E-state index contributed by atoms with van der Waals surface area (Å²) in [7, 11) is 0. The van der Waals surface area contributed by atoms with Gasteiger partial charge in [-0.3, -0.25) is 4.79 Å². The van der Waals surface area contributed by atoms with Crippen LogP contribution in [0.4, 0.5) is 4.79 Å². The molecule has 0 bridgehead atoms. The van der Waals surface area contributed by atoms with Crippen molar-refractivity contribution in [3.63, 3.8) is 0 Å². The standard InChI is InChI=1S/C18H28N4O3/c1-18(2,3)25-17(24)21-10-7-13(8-11-21)20-16(23)14-12-19-15-6-4-5-9-22(14)15/h12-13H,4-11H2,1-3H3,(H,20,23). The van der Waals surface area contributed by atoms with E-state index in [9.17, 15) is 9.59 Å². The first-order chi connectivity index (χ1) is 11.8. The highest BCUT2D eigenvalue weighted by atomic mass is 16.6. The van der Waals surface area contributed by atoms with E-state index in [2.05, 4.69) is 10.3 Å². The number of nitrogens with zero attached hydrogens (tertiary/aromatic N) is 3. The van der Waals surface area contributed by atoms with Crippen LogP contribution in [0.15, 0.2) is 6.20 Å². The molecule has 0 aliphatic carbocycles. The average molecular weight is 348 g/mol. The summed E-state index contributed by atoms with van der Waals surface area (Å²) in [5.41, 5.74) is 0.174. The number of rotatable bonds is 2. The number of nitrogens with one attached hydrogen (secondary N) is 1. The normalized spacial score (nSPS) is 18.6. The smallest absolute Gasteiger partial charge is 0.410 e. The summed E-state index contributed by atoms with van der Waals surface area (Å²) in [5.74, 6) is 0.951. The van der Waals surface area contributed by atoms with Gasteiger partial charge in [0, 0.05) is 32.1 Å². The number of carbonyl (C=O) groups excluding carboxylic acids is 2. The van der Waals surface area contributed by atoms with Gasteiger partial charge in [0.15, 0.2) is 0 Å². The maximum Gasteiger partial charge on any atom is 0.410 e. The largest absolute Gasteiger partial charge is 0.444 e. The third-order valence-electron chi connectivity index (χ3n) is 4.68. The van der Waals surface area contributed by atoms with E-state index in [1.54, 1.807) is 11.1 Å². The number of carbonyl (C=O) groups is 2. The van der Waals surface area contributed by atoms with Crippen molar-refractivity contribution >= 4 is 12.0 Å². The highest BCUT2D eigenvalue weighted by molar-refractivity contribution is 5.92. The second kappa shape index (κ2) is 7.06. The summed E-state index contributed by atoms with van der Waals surface area (Å²) in [5, 5.41) is 3.10. The Morgan fingerprint density at radius 2 is 1.92 bits per heavy atom. The zero-order chi connectivity index (χ0) is 18.0. The molecule has 1 aromatic heterocycles. The lowest BCUT2D eigenvalue weighted by atomic mass is 10.1. The van der Waals surface area contributed by atoms with Crippen LogP contribution in [0, 0.1) is 0 Å². The third-order valence-corrected chi connectivity index (χ3v) is 4.68. The molecular formula is C18H28N4O3. The van der Waals surface area contributed by atoms with Crippen LogP contribution in [0.1, 0.15) is 62.8 Å². The van der Waals surface area contributed by atoms with Gasteiger partial charge in [-0.1, -0.05) is 0 Å². The molecular weight excluding hydrogens is 320 g/mol. The number of aromatic nitrogens is 2. The summed E-state index contributed by atoms with van der Waals surface area (Å²) in [6.07, 6.45) is 6.08. The maximum atomic E-state index is 12.6. The summed E-state index contributed by atoms with van der Waals surface area (Å²) in [6, 6.07) is 0.0842. The fourth-order valence-corrected chi connectivity index (χ4v) is 3.39. The van der Waals surface area contributed by atoms with Gasteiger partial charge in [0.2, 0.25) is 0 Å². The zero-order valence-electron chi connectivity index (χ0n) is 15.4. The van der Waals surface area contributed by atoms with Crippen molar-refractivity contribution in [3.8, 4) is 0 Å². The molecule has 2 aliphatic rings. The molecule has 0 aromatic carbocycles. The Bertz CT molecular complexity index is 639. The first-order valence-corrected chi connectivity index (χ1v) is 9.17. The second-order valence-corrected chi connectivity index (χ2v) is 7.88. The Morgan fingerprint density at radius 3 is 2.60 bits per heavy atom. The van der Waals surface area contributed by atoms with Crippen LogP contribution >= 0.6 is 0 Å². The quantitative estimate of drug-likeness (QED) is 0.890. The van der Waals surface area contributed by atoms with Gasteiger partial charge in [-0.05, 0) is 46.5 Å². The number of piperidine rings is 1. The van der Waals surface area contributed by atoms with Crippen LogP contribution in [0.25, 0.3) is 0 Å². The van der Waals surface area contributed by atoms with E-state index in [-0.39, 0.29) is 18.0 Å². The number of fused-ring (bicyclic) bond motifs is 1. The minimum Gasteiger partial charge on any atom is -0.444 e. The molecule has 0 unspecified atom stereocenters. The molecule has 0 spiro atoms. The van der Waals surface area contributed by atoms with E-state index in [4.69, 9.17) is 4.74 Å². The maximum absolute atomic E-state index is 12.6. The minimum atomic E-state index is -0.483. The topological polar surface area (TPSA) is 76.5 Å². The molecule has 3 heterocycles. The van der Waals surface area contributed by atoms with Crippen molar-refractivity contribution in [2.45, 2.75) is 71.1 Å². The SMILES string of the molecule is CC(C)(C)OC(=O)N1CCC(NC(=O)c2cnc3n2CCCC3)CC1. The Hall–Kier alpha value is -2.05. The predicted molar refractivity (Wildman–Crippen MR) is 93.5 cm³/mol. The molecule has 2 amide bonds. The zero-order valence-corrected chi connectivity index (χ0v) is 15.4. The van der Waals surface area contributed by atoms with Crippen molar-refractivity contribution in [1.82, 2.24) is 19.8 Å². The number of likely N-dealkylation sites (tertiary alicyclic amines) is 1. The summed E-state index contributed by atoms with van der Waals surface area (Å²) in [4.78, 5) is 30.8. The van der Waals surface area contributed by atoms with E-state index in [0.717, 1.165) is 44.5 Å². The van der Waals surface area contributed by atoms with E-state index in [0.29, 0.717) is 18.8 Å². The van der Waals surface area contributed by atoms with Gasteiger partial charge in [-0.15, -0.1) is 0 Å². The molecule has 138 valence electrons. The highest BCUT2D eigenvalue weighted by Gasteiger charge is 2.28. The van der Waals surface area contributed by atoms with Gasteiger partial charge in [0.25, 0.3) is 5.91 Å². The fraction of sp³-hybridized carbons (Fsp3) is 0.722. The molecule has 3 rings (SSSR count). The van der Waals surface area contributed by atoms with Crippen LogP contribution in [-0.4, -0.2) is 51.2 Å². The highest BCUT2D eigenvalue weighted by Crippen LogP contribution is 2.18. The minimum absolute atomic E-state index is 0.0589. The van der Waals surface area contributed by atoms with Crippen LogP contribution in [-0.2, 0) is 17.7 Å². The molecule has 2 aliphatic heterocycles. The van der Waals surface area contributed by atoms with Crippen molar-refractivity contribution in [2.24, 2.45) is 0 Å². The number of ether oxygens (including phenoxy) is 1. The van der Waals surface area contributed by atoms with Crippen LogP contribution < -0.4 is 5.32 Å². The van der Waals surface area contributed by atoms with Gasteiger partial charge >= 0.3 is 6.09 Å².